The van der Waals surface area contributed by atoms with Gasteiger partial charge in [-0.1, -0.05) is 18.2 Å². The highest BCUT2D eigenvalue weighted by atomic mass is 19.4. The Hall–Kier alpha value is -2.37. The van der Waals surface area contributed by atoms with Crippen LogP contribution in [-0.4, -0.2) is 10.9 Å². The molecule has 2 rings (SSSR count). The lowest BCUT2D eigenvalue weighted by atomic mass is 10.1. The number of alkyl halides is 3. The molecule has 104 valence electrons. The summed E-state index contributed by atoms with van der Waals surface area (Å²) >= 11 is 0. The van der Waals surface area contributed by atoms with Gasteiger partial charge in [-0.25, -0.2) is 0 Å². The van der Waals surface area contributed by atoms with Crippen LogP contribution in [0.4, 0.5) is 13.2 Å². The van der Waals surface area contributed by atoms with E-state index in [1.54, 1.807) is 18.3 Å². The third-order valence-corrected chi connectivity index (χ3v) is 2.65. The molecule has 1 amide bonds. The topological polar surface area (TPSA) is 42.0 Å². The van der Waals surface area contributed by atoms with Crippen molar-refractivity contribution in [2.45, 2.75) is 12.7 Å². The van der Waals surface area contributed by atoms with Gasteiger partial charge >= 0.3 is 6.18 Å². The van der Waals surface area contributed by atoms with Crippen LogP contribution in [0.2, 0.25) is 0 Å². The minimum Gasteiger partial charge on any atom is -0.348 e. The van der Waals surface area contributed by atoms with Gasteiger partial charge in [0.1, 0.15) is 0 Å². The second kappa shape index (κ2) is 5.73. The summed E-state index contributed by atoms with van der Waals surface area (Å²) in [6.45, 7) is 0.124. The zero-order valence-electron chi connectivity index (χ0n) is 10.3. The molecule has 0 aliphatic rings. The first kappa shape index (κ1) is 14.0. The summed E-state index contributed by atoms with van der Waals surface area (Å²) in [5, 5.41) is 2.45. The molecular weight excluding hydrogens is 269 g/mol. The number of halogens is 3. The van der Waals surface area contributed by atoms with Crippen LogP contribution in [0.25, 0.3) is 0 Å². The number of hydrogen-bond acceptors (Lipinski definition) is 2. The fourth-order valence-electron chi connectivity index (χ4n) is 1.71. The molecular formula is C14H11F3N2O. The van der Waals surface area contributed by atoms with E-state index in [-0.39, 0.29) is 12.1 Å². The fourth-order valence-corrected chi connectivity index (χ4v) is 1.71. The lowest BCUT2D eigenvalue weighted by molar-refractivity contribution is -0.137. The molecule has 0 saturated heterocycles. The molecule has 3 nitrogen and oxygen atoms in total. The predicted molar refractivity (Wildman–Crippen MR) is 66.9 cm³/mol. The van der Waals surface area contributed by atoms with Gasteiger partial charge in [0.05, 0.1) is 11.1 Å². The highest BCUT2D eigenvalue weighted by molar-refractivity contribution is 5.95. The summed E-state index contributed by atoms with van der Waals surface area (Å²) in [6.07, 6.45) is -1.44. The minimum atomic E-state index is -4.55. The molecule has 20 heavy (non-hydrogen) atoms. The number of pyridine rings is 1. The van der Waals surface area contributed by atoms with E-state index < -0.39 is 17.6 Å². The molecule has 0 spiro atoms. The standard InChI is InChI=1S/C14H11F3N2O/c15-14(16,17)12-6-2-1-5-11(12)13(20)19-9-10-4-3-7-18-8-10/h1-8H,9H2,(H,19,20). The second-order valence-corrected chi connectivity index (χ2v) is 4.09. The smallest absolute Gasteiger partial charge is 0.348 e. The Kier molecular flexibility index (Phi) is 4.02. The molecule has 1 heterocycles. The quantitative estimate of drug-likeness (QED) is 0.939. The van der Waals surface area contributed by atoms with Crippen molar-refractivity contribution in [1.82, 2.24) is 10.3 Å². The van der Waals surface area contributed by atoms with E-state index in [0.717, 1.165) is 12.1 Å². The number of rotatable bonds is 3. The van der Waals surface area contributed by atoms with Crippen LogP contribution in [-0.2, 0) is 12.7 Å². The lowest BCUT2D eigenvalue weighted by Gasteiger charge is -2.12. The fraction of sp³-hybridized carbons (Fsp3) is 0.143. The molecule has 0 bridgehead atoms. The first-order valence-electron chi connectivity index (χ1n) is 5.82. The maximum absolute atomic E-state index is 12.8. The molecule has 0 radical (unpaired) electrons. The third kappa shape index (κ3) is 3.34. The minimum absolute atomic E-state index is 0.124. The van der Waals surface area contributed by atoms with E-state index in [1.165, 1.54) is 18.3 Å². The SMILES string of the molecule is O=C(NCc1cccnc1)c1ccccc1C(F)(F)F. The highest BCUT2D eigenvalue weighted by Gasteiger charge is 2.34. The van der Waals surface area contributed by atoms with E-state index in [9.17, 15) is 18.0 Å². The van der Waals surface area contributed by atoms with Gasteiger partial charge in [0.15, 0.2) is 0 Å². The van der Waals surface area contributed by atoms with Crippen molar-refractivity contribution in [2.24, 2.45) is 0 Å². The van der Waals surface area contributed by atoms with Crippen LogP contribution in [0.1, 0.15) is 21.5 Å². The zero-order valence-corrected chi connectivity index (χ0v) is 10.3. The average Bonchev–Trinajstić information content (AvgIpc) is 2.45. The van der Waals surface area contributed by atoms with Crippen LogP contribution in [0.3, 0.4) is 0 Å². The number of nitrogens with zero attached hydrogens (tertiary/aromatic N) is 1. The zero-order chi connectivity index (χ0) is 14.6. The van der Waals surface area contributed by atoms with Crippen molar-refractivity contribution in [1.29, 1.82) is 0 Å². The average molecular weight is 280 g/mol. The van der Waals surface area contributed by atoms with Gasteiger partial charge in [0.2, 0.25) is 0 Å². The van der Waals surface area contributed by atoms with Crippen LogP contribution in [0, 0.1) is 0 Å². The number of hydrogen-bond donors (Lipinski definition) is 1. The molecule has 0 unspecified atom stereocenters. The Morgan fingerprint density at radius 1 is 1.15 bits per heavy atom. The number of aromatic nitrogens is 1. The van der Waals surface area contributed by atoms with Crippen LogP contribution >= 0.6 is 0 Å². The largest absolute Gasteiger partial charge is 0.417 e. The lowest BCUT2D eigenvalue weighted by Crippen LogP contribution is -2.25. The summed E-state index contributed by atoms with van der Waals surface area (Å²) in [4.78, 5) is 15.7. The van der Waals surface area contributed by atoms with Gasteiger partial charge in [-0.05, 0) is 23.8 Å². The van der Waals surface area contributed by atoms with Gasteiger partial charge in [-0.15, -0.1) is 0 Å². The van der Waals surface area contributed by atoms with Gasteiger partial charge < -0.3 is 5.32 Å². The van der Waals surface area contributed by atoms with Crippen LogP contribution in [0.15, 0.2) is 48.8 Å². The number of carbonyl (C=O) groups excluding carboxylic acids is 1. The van der Waals surface area contributed by atoms with Gasteiger partial charge in [0, 0.05) is 18.9 Å². The van der Waals surface area contributed by atoms with Crippen LogP contribution in [0.5, 0.6) is 0 Å². The van der Waals surface area contributed by atoms with E-state index in [2.05, 4.69) is 10.3 Å². The Bertz CT molecular complexity index is 597. The summed E-state index contributed by atoms with van der Waals surface area (Å²) in [5.41, 5.74) is -0.613. The molecule has 1 N–H and O–H groups in total. The van der Waals surface area contributed by atoms with E-state index >= 15 is 0 Å². The summed E-state index contributed by atoms with van der Waals surface area (Å²) in [6, 6.07) is 8.10. The van der Waals surface area contributed by atoms with Gasteiger partial charge in [-0.2, -0.15) is 13.2 Å². The highest BCUT2D eigenvalue weighted by Crippen LogP contribution is 2.31. The Balaban J connectivity index is 2.14. The number of amides is 1. The monoisotopic (exact) mass is 280 g/mol. The van der Waals surface area contributed by atoms with Gasteiger partial charge in [0.25, 0.3) is 5.91 Å². The number of benzene rings is 1. The summed E-state index contributed by atoms with van der Waals surface area (Å²) in [5.74, 6) is -0.762. The van der Waals surface area contributed by atoms with Crippen molar-refractivity contribution in [3.63, 3.8) is 0 Å². The molecule has 2 aromatic rings. The third-order valence-electron chi connectivity index (χ3n) is 2.65. The van der Waals surface area contributed by atoms with Gasteiger partial charge in [-0.3, -0.25) is 9.78 Å². The molecule has 0 atom stereocenters. The van der Waals surface area contributed by atoms with Crippen molar-refractivity contribution >= 4 is 5.91 Å². The van der Waals surface area contributed by atoms with E-state index in [0.29, 0.717) is 5.56 Å². The molecule has 0 fully saturated rings. The number of carbonyl (C=O) groups is 1. The Morgan fingerprint density at radius 3 is 2.55 bits per heavy atom. The summed E-state index contributed by atoms with van der Waals surface area (Å²) < 4.78 is 38.3. The molecule has 1 aromatic carbocycles. The van der Waals surface area contributed by atoms with E-state index in [4.69, 9.17) is 0 Å². The maximum atomic E-state index is 12.8. The molecule has 0 aliphatic heterocycles. The van der Waals surface area contributed by atoms with Crippen molar-refractivity contribution < 1.29 is 18.0 Å². The Morgan fingerprint density at radius 2 is 1.90 bits per heavy atom. The second-order valence-electron chi connectivity index (χ2n) is 4.09. The maximum Gasteiger partial charge on any atom is 0.417 e. The molecule has 0 aliphatic carbocycles. The van der Waals surface area contributed by atoms with Crippen molar-refractivity contribution in [3.05, 3.63) is 65.5 Å². The molecule has 0 saturated carbocycles. The van der Waals surface area contributed by atoms with Crippen LogP contribution < -0.4 is 5.32 Å². The first-order chi connectivity index (χ1) is 9.48. The molecule has 6 heteroatoms. The predicted octanol–water partition coefficient (Wildman–Crippen LogP) is 3.03. The normalized spacial score (nSPS) is 11.2. The van der Waals surface area contributed by atoms with Crippen molar-refractivity contribution in [2.75, 3.05) is 0 Å². The molecule has 1 aromatic heterocycles. The Labute approximate surface area is 113 Å². The summed E-state index contributed by atoms with van der Waals surface area (Å²) in [7, 11) is 0. The van der Waals surface area contributed by atoms with E-state index in [1.807, 2.05) is 0 Å². The first-order valence-corrected chi connectivity index (χ1v) is 5.82. The number of nitrogens with one attached hydrogen (secondary N) is 1. The van der Waals surface area contributed by atoms with Crippen molar-refractivity contribution in [3.8, 4) is 0 Å².